The van der Waals surface area contributed by atoms with Crippen LogP contribution in [0.5, 0.6) is 0 Å². The Bertz CT molecular complexity index is 722. The number of pyridine rings is 1. The lowest BCUT2D eigenvalue weighted by Crippen LogP contribution is -2.35. The minimum absolute atomic E-state index is 0.149. The summed E-state index contributed by atoms with van der Waals surface area (Å²) in [5.41, 5.74) is 1.50. The van der Waals surface area contributed by atoms with Gasteiger partial charge in [-0.25, -0.2) is 4.98 Å². The lowest BCUT2D eigenvalue weighted by Gasteiger charge is -2.32. The van der Waals surface area contributed by atoms with Gasteiger partial charge in [-0.1, -0.05) is 5.16 Å². The van der Waals surface area contributed by atoms with E-state index in [1.807, 2.05) is 19.1 Å². The van der Waals surface area contributed by atoms with Gasteiger partial charge in [-0.05, 0) is 31.9 Å². The summed E-state index contributed by atoms with van der Waals surface area (Å²) in [5.74, 6) is 2.09. The van der Waals surface area contributed by atoms with E-state index in [1.165, 1.54) is 0 Å². The minimum Gasteiger partial charge on any atom is -0.377 e. The van der Waals surface area contributed by atoms with Gasteiger partial charge in [-0.15, -0.1) is 0 Å². The van der Waals surface area contributed by atoms with Crippen LogP contribution in [0, 0.1) is 18.3 Å². The van der Waals surface area contributed by atoms with E-state index < -0.39 is 0 Å². The highest BCUT2D eigenvalue weighted by Gasteiger charge is 2.28. The van der Waals surface area contributed by atoms with Gasteiger partial charge >= 0.3 is 0 Å². The maximum absolute atomic E-state index is 9.31. The fourth-order valence-electron chi connectivity index (χ4n) is 2.86. The number of anilines is 1. The first kappa shape index (κ1) is 15.4. The molecule has 1 aliphatic rings. The summed E-state index contributed by atoms with van der Waals surface area (Å²) in [4.78, 5) is 11.1. The monoisotopic (exact) mass is 313 g/mol. The first-order valence-electron chi connectivity index (χ1n) is 7.65. The van der Waals surface area contributed by atoms with E-state index in [1.54, 1.807) is 7.11 Å². The molecule has 3 rings (SSSR count). The van der Waals surface area contributed by atoms with Crippen molar-refractivity contribution in [1.82, 2.24) is 15.1 Å². The van der Waals surface area contributed by atoms with E-state index in [0.29, 0.717) is 23.9 Å². The Labute approximate surface area is 134 Å². The number of rotatable bonds is 4. The second-order valence-electron chi connectivity index (χ2n) is 5.70. The predicted molar refractivity (Wildman–Crippen MR) is 82.9 cm³/mol. The fraction of sp³-hybridized carbons (Fsp3) is 0.500. The number of methoxy groups -OCH3 is 1. The molecule has 1 unspecified atom stereocenters. The maximum Gasteiger partial charge on any atom is 0.231 e. The number of piperidine rings is 1. The highest BCUT2D eigenvalue weighted by Crippen LogP contribution is 2.30. The Morgan fingerprint density at radius 3 is 3.09 bits per heavy atom. The number of nitriles is 1. The maximum atomic E-state index is 9.31. The zero-order chi connectivity index (χ0) is 16.2. The van der Waals surface area contributed by atoms with Crippen molar-refractivity contribution in [2.24, 2.45) is 0 Å². The first-order valence-corrected chi connectivity index (χ1v) is 7.65. The van der Waals surface area contributed by atoms with Gasteiger partial charge in [0, 0.05) is 25.9 Å². The molecule has 0 spiro atoms. The van der Waals surface area contributed by atoms with Crippen molar-refractivity contribution in [1.29, 1.82) is 5.26 Å². The number of aromatic nitrogens is 3. The van der Waals surface area contributed by atoms with Crippen molar-refractivity contribution in [3.63, 3.8) is 0 Å². The van der Waals surface area contributed by atoms with Gasteiger partial charge in [-0.2, -0.15) is 10.2 Å². The molecule has 2 aromatic rings. The average Bonchev–Trinajstić information content (AvgIpc) is 3.04. The zero-order valence-corrected chi connectivity index (χ0v) is 13.3. The highest BCUT2D eigenvalue weighted by atomic mass is 16.5. The summed E-state index contributed by atoms with van der Waals surface area (Å²) in [6.07, 6.45) is 1.98. The van der Waals surface area contributed by atoms with Gasteiger partial charge in [0.25, 0.3) is 0 Å². The van der Waals surface area contributed by atoms with Crippen molar-refractivity contribution < 1.29 is 9.26 Å². The quantitative estimate of drug-likeness (QED) is 0.854. The van der Waals surface area contributed by atoms with Crippen LogP contribution in [0.3, 0.4) is 0 Å². The lowest BCUT2D eigenvalue weighted by atomic mass is 9.97. The molecule has 7 heteroatoms. The molecule has 1 fully saturated rings. The molecule has 7 nitrogen and oxygen atoms in total. The molecule has 1 atom stereocenters. The van der Waals surface area contributed by atoms with Crippen LogP contribution in [-0.4, -0.2) is 35.3 Å². The molecule has 0 bridgehead atoms. The van der Waals surface area contributed by atoms with E-state index in [4.69, 9.17) is 9.26 Å². The Kier molecular flexibility index (Phi) is 4.53. The summed E-state index contributed by atoms with van der Waals surface area (Å²) < 4.78 is 10.4. The van der Waals surface area contributed by atoms with Crippen LogP contribution >= 0.6 is 0 Å². The molecule has 1 saturated heterocycles. The molecule has 3 heterocycles. The van der Waals surface area contributed by atoms with E-state index in [9.17, 15) is 5.26 Å². The Morgan fingerprint density at radius 1 is 1.43 bits per heavy atom. The molecule has 0 radical (unpaired) electrons. The average molecular weight is 313 g/mol. The standard InChI is InChI=1S/C16H19N5O2/c1-11-5-6-12(8-17)15(18-11)21-7-3-4-13(9-21)16-19-14(10-22-2)20-23-16/h5-6,13H,3-4,7,9-10H2,1-2H3. The third-order valence-corrected chi connectivity index (χ3v) is 3.96. The van der Waals surface area contributed by atoms with Crippen LogP contribution in [0.2, 0.25) is 0 Å². The van der Waals surface area contributed by atoms with Gasteiger partial charge in [0.15, 0.2) is 5.82 Å². The zero-order valence-electron chi connectivity index (χ0n) is 13.3. The fourth-order valence-corrected chi connectivity index (χ4v) is 2.86. The smallest absolute Gasteiger partial charge is 0.231 e. The Hall–Kier alpha value is -2.46. The largest absolute Gasteiger partial charge is 0.377 e. The van der Waals surface area contributed by atoms with Crippen LogP contribution in [0.1, 0.15) is 41.7 Å². The molecule has 0 aromatic carbocycles. The van der Waals surface area contributed by atoms with E-state index in [-0.39, 0.29) is 5.92 Å². The number of hydrogen-bond donors (Lipinski definition) is 0. The first-order chi connectivity index (χ1) is 11.2. The van der Waals surface area contributed by atoms with Crippen LogP contribution in [-0.2, 0) is 11.3 Å². The van der Waals surface area contributed by atoms with Crippen molar-refractivity contribution in [2.75, 3.05) is 25.1 Å². The molecule has 0 aliphatic carbocycles. The van der Waals surface area contributed by atoms with Crippen molar-refractivity contribution in [3.8, 4) is 6.07 Å². The molecule has 0 saturated carbocycles. The number of ether oxygens (including phenoxy) is 1. The highest BCUT2D eigenvalue weighted by molar-refractivity contribution is 5.54. The number of aryl methyl sites for hydroxylation is 1. The molecule has 23 heavy (non-hydrogen) atoms. The van der Waals surface area contributed by atoms with E-state index in [2.05, 4.69) is 26.1 Å². The molecule has 2 aromatic heterocycles. The van der Waals surface area contributed by atoms with Crippen molar-refractivity contribution in [3.05, 3.63) is 35.1 Å². The summed E-state index contributed by atoms with van der Waals surface area (Å²) in [6, 6.07) is 5.91. The van der Waals surface area contributed by atoms with E-state index >= 15 is 0 Å². The van der Waals surface area contributed by atoms with E-state index in [0.717, 1.165) is 37.4 Å². The summed E-state index contributed by atoms with van der Waals surface area (Å²) in [5, 5.41) is 13.2. The van der Waals surface area contributed by atoms with Gasteiger partial charge in [0.1, 0.15) is 18.5 Å². The van der Waals surface area contributed by atoms with Gasteiger partial charge in [0.2, 0.25) is 5.89 Å². The lowest BCUT2D eigenvalue weighted by molar-refractivity contribution is 0.174. The summed E-state index contributed by atoms with van der Waals surface area (Å²) in [6.45, 7) is 3.87. The third-order valence-electron chi connectivity index (χ3n) is 3.96. The molecule has 1 aliphatic heterocycles. The van der Waals surface area contributed by atoms with Gasteiger partial charge < -0.3 is 14.2 Å². The molecule has 120 valence electrons. The van der Waals surface area contributed by atoms with Gasteiger partial charge in [-0.3, -0.25) is 0 Å². The number of hydrogen-bond acceptors (Lipinski definition) is 7. The Morgan fingerprint density at radius 2 is 2.30 bits per heavy atom. The summed E-state index contributed by atoms with van der Waals surface area (Å²) in [7, 11) is 1.60. The minimum atomic E-state index is 0.149. The number of nitrogens with zero attached hydrogens (tertiary/aromatic N) is 5. The summed E-state index contributed by atoms with van der Waals surface area (Å²) >= 11 is 0. The predicted octanol–water partition coefficient (Wildman–Crippen LogP) is 2.18. The Balaban J connectivity index is 1.80. The third kappa shape index (κ3) is 3.32. The second kappa shape index (κ2) is 6.75. The second-order valence-corrected chi connectivity index (χ2v) is 5.70. The molecular weight excluding hydrogens is 294 g/mol. The topological polar surface area (TPSA) is 88.1 Å². The van der Waals surface area contributed by atoms with Gasteiger partial charge in [0.05, 0.1) is 11.5 Å². The SMILES string of the molecule is COCc1noc(C2CCCN(c3nc(C)ccc3C#N)C2)n1. The molecule has 0 N–H and O–H groups in total. The van der Waals surface area contributed by atoms with Crippen LogP contribution in [0.15, 0.2) is 16.7 Å². The molecular formula is C16H19N5O2. The van der Waals surface area contributed by atoms with Crippen molar-refractivity contribution >= 4 is 5.82 Å². The van der Waals surface area contributed by atoms with Crippen LogP contribution in [0.4, 0.5) is 5.82 Å². The van der Waals surface area contributed by atoms with Crippen molar-refractivity contribution in [2.45, 2.75) is 32.3 Å². The van der Waals surface area contributed by atoms with Crippen LogP contribution < -0.4 is 4.90 Å². The molecule has 0 amide bonds. The van der Waals surface area contributed by atoms with Crippen LogP contribution in [0.25, 0.3) is 0 Å². The normalized spacial score (nSPS) is 18.0.